The maximum atomic E-state index is 12.4. The van der Waals surface area contributed by atoms with Crippen molar-refractivity contribution in [3.8, 4) is 11.5 Å². The van der Waals surface area contributed by atoms with Crippen molar-refractivity contribution in [2.24, 2.45) is 5.92 Å². The van der Waals surface area contributed by atoms with Gasteiger partial charge in [-0.25, -0.2) is 5.43 Å². The van der Waals surface area contributed by atoms with Crippen LogP contribution in [0.3, 0.4) is 0 Å². The summed E-state index contributed by atoms with van der Waals surface area (Å²) in [5.74, 6) is 1.29. The van der Waals surface area contributed by atoms with Crippen molar-refractivity contribution in [3.05, 3.63) is 47.5 Å². The fourth-order valence-electron chi connectivity index (χ4n) is 4.36. The third-order valence-electron chi connectivity index (χ3n) is 5.88. The van der Waals surface area contributed by atoms with Gasteiger partial charge in [0.2, 0.25) is 17.7 Å². The summed E-state index contributed by atoms with van der Waals surface area (Å²) in [7, 11) is 0. The second-order valence-electron chi connectivity index (χ2n) is 7.65. The molecule has 2 aromatic rings. The minimum atomic E-state index is -0.215. The molecule has 0 radical (unpaired) electrons. The van der Waals surface area contributed by atoms with Crippen molar-refractivity contribution < 1.29 is 9.21 Å². The first-order valence-corrected chi connectivity index (χ1v) is 9.85. The summed E-state index contributed by atoms with van der Waals surface area (Å²) in [6, 6.07) is 7.95. The number of rotatable bonds is 3. The van der Waals surface area contributed by atoms with E-state index in [0.717, 1.165) is 42.8 Å². The molecule has 0 spiro atoms. The van der Waals surface area contributed by atoms with Crippen LogP contribution in [0, 0.1) is 12.8 Å². The van der Waals surface area contributed by atoms with Crippen molar-refractivity contribution >= 4 is 5.91 Å². The summed E-state index contributed by atoms with van der Waals surface area (Å²) >= 11 is 0. The van der Waals surface area contributed by atoms with Crippen LogP contribution in [-0.2, 0) is 4.79 Å². The molecule has 2 saturated heterocycles. The zero-order chi connectivity index (χ0) is 19.1. The zero-order valence-corrected chi connectivity index (χ0v) is 15.8. The predicted octanol–water partition coefficient (Wildman–Crippen LogP) is 1.29. The first kappa shape index (κ1) is 17.4. The molecule has 1 amide bonds. The maximum absolute atomic E-state index is 12.4. The minimum Gasteiger partial charge on any atom is -0.420 e. The molecule has 4 heterocycles. The van der Waals surface area contributed by atoms with Gasteiger partial charge >= 0.3 is 0 Å². The fourth-order valence-corrected chi connectivity index (χ4v) is 4.36. The second-order valence-corrected chi connectivity index (χ2v) is 7.65. The highest BCUT2D eigenvalue weighted by molar-refractivity contribution is 5.89. The summed E-state index contributed by atoms with van der Waals surface area (Å²) in [4.78, 5) is 12.4. The molecule has 0 aliphatic carbocycles. The van der Waals surface area contributed by atoms with Gasteiger partial charge in [-0.3, -0.25) is 9.80 Å². The lowest BCUT2D eigenvalue weighted by molar-refractivity contribution is -0.119. The van der Waals surface area contributed by atoms with Crippen LogP contribution < -0.4 is 16.1 Å². The van der Waals surface area contributed by atoms with Gasteiger partial charge in [-0.15, -0.1) is 10.2 Å². The van der Waals surface area contributed by atoms with E-state index in [1.807, 2.05) is 31.2 Å². The lowest BCUT2D eigenvalue weighted by Gasteiger charge is -2.38. The second kappa shape index (κ2) is 7.03. The summed E-state index contributed by atoms with van der Waals surface area (Å²) in [6.45, 7) is 4.63. The lowest BCUT2D eigenvalue weighted by atomic mass is 9.92. The summed E-state index contributed by atoms with van der Waals surface area (Å²) in [6.07, 6.45) is 3.58. The van der Waals surface area contributed by atoms with E-state index in [1.54, 1.807) is 6.08 Å². The van der Waals surface area contributed by atoms with E-state index in [-0.39, 0.29) is 18.0 Å². The number of benzene rings is 1. The molecule has 2 unspecified atom stereocenters. The summed E-state index contributed by atoms with van der Waals surface area (Å²) in [5, 5.41) is 17.1. The van der Waals surface area contributed by atoms with E-state index in [1.165, 1.54) is 0 Å². The van der Waals surface area contributed by atoms with Crippen molar-refractivity contribution in [1.82, 2.24) is 31.3 Å². The molecule has 5 rings (SSSR count). The average molecular weight is 380 g/mol. The van der Waals surface area contributed by atoms with Gasteiger partial charge in [-0.2, -0.15) is 0 Å². The molecule has 2 fully saturated rings. The highest BCUT2D eigenvalue weighted by Crippen LogP contribution is 2.35. The Morgan fingerprint density at radius 3 is 2.82 bits per heavy atom. The number of aromatic nitrogens is 2. The van der Waals surface area contributed by atoms with Crippen LogP contribution in [0.1, 0.15) is 30.2 Å². The average Bonchev–Trinajstić information content (AvgIpc) is 3.35. The Morgan fingerprint density at radius 1 is 1.18 bits per heavy atom. The molecule has 3 N–H and O–H groups in total. The number of nitrogens with zero attached hydrogens (tertiary/aromatic N) is 3. The molecule has 0 bridgehead atoms. The van der Waals surface area contributed by atoms with Gasteiger partial charge in [0.1, 0.15) is 6.17 Å². The van der Waals surface area contributed by atoms with Crippen LogP contribution in [0.25, 0.3) is 11.5 Å². The van der Waals surface area contributed by atoms with Crippen LogP contribution in [0.4, 0.5) is 0 Å². The van der Waals surface area contributed by atoms with E-state index >= 15 is 0 Å². The van der Waals surface area contributed by atoms with Crippen LogP contribution >= 0.6 is 0 Å². The standard InChI is InChI=1S/C20H24N6O2/c1-12-4-2-3-5-14(12)19-24-25-20(28-19)15-11-22-26-16(10-17(27)23-18(15)26)13-6-8-21-9-7-13/h2-5,10,13,15,18,21-22H,6-9,11H2,1H3,(H,23,27). The van der Waals surface area contributed by atoms with Gasteiger partial charge in [-0.1, -0.05) is 18.2 Å². The molecule has 2 atom stereocenters. The van der Waals surface area contributed by atoms with Gasteiger partial charge in [0.25, 0.3) is 0 Å². The monoisotopic (exact) mass is 380 g/mol. The third kappa shape index (κ3) is 2.98. The summed E-state index contributed by atoms with van der Waals surface area (Å²) < 4.78 is 6.03. The van der Waals surface area contributed by atoms with Crippen molar-refractivity contribution in [2.45, 2.75) is 31.8 Å². The molecule has 3 aliphatic rings. The Hall–Kier alpha value is -2.71. The third-order valence-corrected chi connectivity index (χ3v) is 5.88. The molecule has 8 nitrogen and oxygen atoms in total. The molecule has 0 saturated carbocycles. The molecule has 146 valence electrons. The van der Waals surface area contributed by atoms with Crippen LogP contribution in [0.5, 0.6) is 0 Å². The van der Waals surface area contributed by atoms with Crippen LogP contribution in [0.2, 0.25) is 0 Å². The number of amides is 1. The van der Waals surface area contributed by atoms with Crippen molar-refractivity contribution in [2.75, 3.05) is 19.6 Å². The van der Waals surface area contributed by atoms with Gasteiger partial charge in [0.05, 0.1) is 5.92 Å². The van der Waals surface area contributed by atoms with E-state index < -0.39 is 0 Å². The molecule has 3 aliphatic heterocycles. The van der Waals surface area contributed by atoms with E-state index in [2.05, 4.69) is 31.3 Å². The van der Waals surface area contributed by atoms with Crippen molar-refractivity contribution in [3.63, 3.8) is 0 Å². The fraction of sp³-hybridized carbons (Fsp3) is 0.450. The topological polar surface area (TPSA) is 95.3 Å². The van der Waals surface area contributed by atoms with Crippen LogP contribution in [-0.4, -0.2) is 46.9 Å². The molecule has 1 aromatic heterocycles. The predicted molar refractivity (Wildman–Crippen MR) is 103 cm³/mol. The number of hydrazine groups is 1. The summed E-state index contributed by atoms with van der Waals surface area (Å²) in [5.41, 5.74) is 6.53. The zero-order valence-electron chi connectivity index (χ0n) is 15.8. The molecule has 28 heavy (non-hydrogen) atoms. The number of piperidine rings is 1. The normalized spacial score (nSPS) is 25.4. The smallest absolute Gasteiger partial charge is 0.248 e. The number of allylic oxidation sites excluding steroid dienone is 1. The van der Waals surface area contributed by atoms with Crippen molar-refractivity contribution in [1.29, 1.82) is 0 Å². The van der Waals surface area contributed by atoms with E-state index in [4.69, 9.17) is 4.42 Å². The number of carbonyl (C=O) groups is 1. The van der Waals surface area contributed by atoms with Crippen LogP contribution in [0.15, 0.2) is 40.5 Å². The molecular weight excluding hydrogens is 356 g/mol. The first-order valence-electron chi connectivity index (χ1n) is 9.85. The van der Waals surface area contributed by atoms with Gasteiger partial charge in [0.15, 0.2) is 0 Å². The highest BCUT2D eigenvalue weighted by Gasteiger charge is 2.44. The van der Waals surface area contributed by atoms with E-state index in [0.29, 0.717) is 24.2 Å². The first-order chi connectivity index (χ1) is 13.7. The molecule has 1 aromatic carbocycles. The highest BCUT2D eigenvalue weighted by atomic mass is 16.4. The Bertz CT molecular complexity index is 917. The van der Waals surface area contributed by atoms with Gasteiger partial charge in [-0.05, 0) is 44.5 Å². The number of carbonyl (C=O) groups excluding carboxylic acids is 1. The number of hydrogen-bond acceptors (Lipinski definition) is 7. The van der Waals surface area contributed by atoms with E-state index in [9.17, 15) is 4.79 Å². The van der Waals surface area contributed by atoms with Gasteiger partial charge < -0.3 is 15.1 Å². The Kier molecular flexibility index (Phi) is 4.37. The quantitative estimate of drug-likeness (QED) is 0.738. The number of nitrogens with one attached hydrogen (secondary N) is 3. The largest absolute Gasteiger partial charge is 0.420 e. The van der Waals surface area contributed by atoms with Gasteiger partial charge in [0, 0.05) is 29.8 Å². The minimum absolute atomic E-state index is 0.0536. The number of hydrogen-bond donors (Lipinski definition) is 3. The number of aryl methyl sites for hydroxylation is 1. The Morgan fingerprint density at radius 2 is 2.00 bits per heavy atom. The lowest BCUT2D eigenvalue weighted by Crippen LogP contribution is -2.53. The number of fused-ring (bicyclic) bond motifs is 1. The Balaban J connectivity index is 1.41. The Labute approximate surface area is 163 Å². The SMILES string of the molecule is Cc1ccccc1-c1nnc(C2CNN3C(C4CCNCC4)=CC(=O)NC23)o1. The molecular formula is C20H24N6O2. The maximum Gasteiger partial charge on any atom is 0.248 e. The molecule has 8 heteroatoms.